The summed E-state index contributed by atoms with van der Waals surface area (Å²) in [4.78, 5) is 12.4. The summed E-state index contributed by atoms with van der Waals surface area (Å²) in [5.74, 6) is -0.225. The second-order valence-electron chi connectivity index (χ2n) is 6.97. The predicted octanol–water partition coefficient (Wildman–Crippen LogP) is 3.42. The molecule has 9 heteroatoms. The first kappa shape index (κ1) is 22.0. The quantitative estimate of drug-likeness (QED) is 0.719. The van der Waals surface area contributed by atoms with Crippen molar-refractivity contribution in [2.75, 3.05) is 32.1 Å². The maximum Gasteiger partial charge on any atom is 0.262 e. The Balaban J connectivity index is 1.73. The van der Waals surface area contributed by atoms with E-state index < -0.39 is 21.7 Å². The van der Waals surface area contributed by atoms with Gasteiger partial charge >= 0.3 is 0 Å². The minimum absolute atomic E-state index is 0.0972. The molecule has 1 amide bonds. The number of nitrogens with one attached hydrogen (secondary N) is 1. The van der Waals surface area contributed by atoms with Crippen LogP contribution >= 0.6 is 0 Å². The molecule has 7 nitrogen and oxygen atoms in total. The molecule has 1 saturated heterocycles. The summed E-state index contributed by atoms with van der Waals surface area (Å²) in [5, 5.41) is 2.62. The number of anilines is 1. The number of halogens is 1. The van der Waals surface area contributed by atoms with Crippen LogP contribution in [0, 0.1) is 5.82 Å². The Morgan fingerprint density at radius 2 is 1.73 bits per heavy atom. The van der Waals surface area contributed by atoms with Crippen molar-refractivity contribution in [2.24, 2.45) is 0 Å². The average molecular weight is 437 g/mol. The van der Waals surface area contributed by atoms with Crippen molar-refractivity contribution in [1.82, 2.24) is 4.31 Å². The molecule has 3 rings (SSSR count). The van der Waals surface area contributed by atoms with Gasteiger partial charge in [-0.2, -0.15) is 4.31 Å². The van der Waals surface area contributed by atoms with Crippen molar-refractivity contribution >= 4 is 21.6 Å². The maximum atomic E-state index is 13.0. The van der Waals surface area contributed by atoms with Crippen LogP contribution < -0.4 is 14.8 Å². The van der Waals surface area contributed by atoms with E-state index in [9.17, 15) is 17.6 Å². The molecule has 30 heavy (non-hydrogen) atoms. The largest absolute Gasteiger partial charge is 0.495 e. The van der Waals surface area contributed by atoms with Crippen LogP contribution in [0.25, 0.3) is 0 Å². The van der Waals surface area contributed by atoms with Gasteiger partial charge in [-0.1, -0.05) is 12.8 Å². The molecule has 1 aliphatic heterocycles. The second kappa shape index (κ2) is 9.90. The fraction of sp³-hybridized carbons (Fsp3) is 0.381. The smallest absolute Gasteiger partial charge is 0.262 e. The van der Waals surface area contributed by atoms with E-state index in [2.05, 4.69) is 5.32 Å². The third-order valence-corrected chi connectivity index (χ3v) is 6.73. The lowest BCUT2D eigenvalue weighted by Crippen LogP contribution is -2.32. The van der Waals surface area contributed by atoms with Gasteiger partial charge in [-0.15, -0.1) is 0 Å². The Labute approximate surface area is 175 Å². The third kappa shape index (κ3) is 5.48. The Kier molecular flexibility index (Phi) is 7.28. The van der Waals surface area contributed by atoms with Gasteiger partial charge in [0.1, 0.15) is 17.3 Å². The lowest BCUT2D eigenvalue weighted by atomic mass is 10.2. The Morgan fingerprint density at radius 3 is 2.37 bits per heavy atom. The van der Waals surface area contributed by atoms with Gasteiger partial charge in [-0.3, -0.25) is 4.79 Å². The molecule has 162 valence electrons. The summed E-state index contributed by atoms with van der Waals surface area (Å²) >= 11 is 0. The Morgan fingerprint density at radius 1 is 1.07 bits per heavy atom. The Hall–Kier alpha value is -2.65. The number of rotatable bonds is 7. The molecule has 0 bridgehead atoms. The van der Waals surface area contributed by atoms with E-state index in [4.69, 9.17) is 9.47 Å². The number of hydrogen-bond acceptors (Lipinski definition) is 5. The number of benzene rings is 2. The van der Waals surface area contributed by atoms with E-state index in [0.717, 1.165) is 25.7 Å². The third-order valence-electron chi connectivity index (χ3n) is 4.83. The molecule has 1 aliphatic rings. The summed E-state index contributed by atoms with van der Waals surface area (Å²) in [7, 11) is -2.23. The van der Waals surface area contributed by atoms with Crippen LogP contribution in [0.2, 0.25) is 0 Å². The van der Waals surface area contributed by atoms with Crippen molar-refractivity contribution in [3.05, 3.63) is 48.3 Å². The van der Waals surface area contributed by atoms with E-state index in [1.165, 1.54) is 53.9 Å². The first-order valence-electron chi connectivity index (χ1n) is 9.76. The van der Waals surface area contributed by atoms with Crippen LogP contribution in [-0.4, -0.2) is 45.4 Å². The number of hydrogen-bond donors (Lipinski definition) is 1. The molecule has 2 aromatic carbocycles. The van der Waals surface area contributed by atoms with Crippen molar-refractivity contribution in [3.63, 3.8) is 0 Å². The molecule has 2 aromatic rings. The average Bonchev–Trinajstić information content (AvgIpc) is 3.03. The predicted molar refractivity (Wildman–Crippen MR) is 111 cm³/mol. The van der Waals surface area contributed by atoms with E-state index >= 15 is 0 Å². The lowest BCUT2D eigenvalue weighted by molar-refractivity contribution is -0.118. The fourth-order valence-electron chi connectivity index (χ4n) is 3.24. The van der Waals surface area contributed by atoms with E-state index in [1.54, 1.807) is 0 Å². The number of sulfonamides is 1. The second-order valence-corrected chi connectivity index (χ2v) is 8.91. The van der Waals surface area contributed by atoms with Crippen LogP contribution in [0.1, 0.15) is 25.7 Å². The van der Waals surface area contributed by atoms with Crippen molar-refractivity contribution in [2.45, 2.75) is 30.6 Å². The first-order valence-corrected chi connectivity index (χ1v) is 11.2. The maximum absolute atomic E-state index is 13.0. The zero-order valence-electron chi connectivity index (χ0n) is 16.8. The zero-order valence-corrected chi connectivity index (χ0v) is 17.6. The highest BCUT2D eigenvalue weighted by Crippen LogP contribution is 2.30. The number of carbonyl (C=O) groups excluding carboxylic acids is 1. The van der Waals surface area contributed by atoms with Crippen LogP contribution in [0.5, 0.6) is 11.5 Å². The molecule has 1 N–H and O–H groups in total. The SMILES string of the molecule is COc1ccc(S(=O)(=O)N2CCCCCC2)cc1NC(=O)COc1ccc(F)cc1. The normalized spacial score (nSPS) is 15.3. The molecule has 1 heterocycles. The first-order chi connectivity index (χ1) is 14.4. The highest BCUT2D eigenvalue weighted by atomic mass is 32.2. The van der Waals surface area contributed by atoms with Gasteiger partial charge in [-0.25, -0.2) is 12.8 Å². The number of carbonyl (C=O) groups is 1. The monoisotopic (exact) mass is 436 g/mol. The number of amides is 1. The molecule has 0 aliphatic carbocycles. The molecule has 0 radical (unpaired) electrons. The van der Waals surface area contributed by atoms with Gasteiger partial charge in [0, 0.05) is 13.1 Å². The van der Waals surface area contributed by atoms with Gasteiger partial charge < -0.3 is 14.8 Å². The van der Waals surface area contributed by atoms with Gasteiger partial charge in [0.05, 0.1) is 17.7 Å². The van der Waals surface area contributed by atoms with E-state index in [-0.39, 0.29) is 17.2 Å². The van der Waals surface area contributed by atoms with Crippen molar-refractivity contribution < 1.29 is 27.1 Å². The molecule has 0 spiro atoms. The molecular weight excluding hydrogens is 411 g/mol. The molecule has 0 aromatic heterocycles. The topological polar surface area (TPSA) is 84.9 Å². The molecule has 0 unspecified atom stereocenters. The van der Waals surface area contributed by atoms with Crippen molar-refractivity contribution in [3.8, 4) is 11.5 Å². The van der Waals surface area contributed by atoms with Crippen LogP contribution in [-0.2, 0) is 14.8 Å². The zero-order chi connectivity index (χ0) is 21.6. The van der Waals surface area contributed by atoms with E-state index in [0.29, 0.717) is 24.6 Å². The van der Waals surface area contributed by atoms with Gasteiger partial charge in [-0.05, 0) is 55.3 Å². The number of ether oxygens (including phenoxy) is 2. The molecule has 1 fully saturated rings. The minimum Gasteiger partial charge on any atom is -0.495 e. The van der Waals surface area contributed by atoms with Crippen LogP contribution in [0.15, 0.2) is 47.4 Å². The van der Waals surface area contributed by atoms with Crippen LogP contribution in [0.4, 0.5) is 10.1 Å². The van der Waals surface area contributed by atoms with Gasteiger partial charge in [0.15, 0.2) is 6.61 Å². The highest BCUT2D eigenvalue weighted by molar-refractivity contribution is 7.89. The summed E-state index contributed by atoms with van der Waals surface area (Å²) in [6.45, 7) is 0.654. The van der Waals surface area contributed by atoms with Crippen LogP contribution in [0.3, 0.4) is 0 Å². The highest BCUT2D eigenvalue weighted by Gasteiger charge is 2.26. The Bertz CT molecular complexity index is 971. The van der Waals surface area contributed by atoms with Gasteiger partial charge in [0.2, 0.25) is 10.0 Å². The van der Waals surface area contributed by atoms with E-state index in [1.807, 2.05) is 0 Å². The molecular formula is C21H25FN2O5S. The van der Waals surface area contributed by atoms with Crippen molar-refractivity contribution in [1.29, 1.82) is 0 Å². The summed E-state index contributed by atoms with van der Waals surface area (Å²) in [5.41, 5.74) is 0.237. The fourth-order valence-corrected chi connectivity index (χ4v) is 4.79. The summed E-state index contributed by atoms with van der Waals surface area (Å²) in [6, 6.07) is 9.68. The minimum atomic E-state index is -3.67. The van der Waals surface area contributed by atoms with Gasteiger partial charge in [0.25, 0.3) is 5.91 Å². The number of methoxy groups -OCH3 is 1. The lowest BCUT2D eigenvalue weighted by Gasteiger charge is -2.21. The summed E-state index contributed by atoms with van der Waals surface area (Å²) in [6.07, 6.45) is 3.70. The number of nitrogens with zero attached hydrogens (tertiary/aromatic N) is 1. The summed E-state index contributed by atoms with van der Waals surface area (Å²) < 4.78 is 51.1. The molecule has 0 atom stereocenters. The standard InChI is InChI=1S/C21H25FN2O5S/c1-28-20-11-10-18(30(26,27)24-12-4-2-3-5-13-24)14-19(20)23-21(25)15-29-17-8-6-16(22)7-9-17/h6-11,14H,2-5,12-13,15H2,1H3,(H,23,25). The molecule has 0 saturated carbocycles.